The number of methoxy groups -OCH3 is 1. The van der Waals surface area contributed by atoms with Crippen LogP contribution in [0.5, 0.6) is 5.75 Å². The zero-order valence-corrected chi connectivity index (χ0v) is 13.5. The Bertz CT molecular complexity index is 1320. The van der Waals surface area contributed by atoms with E-state index in [1.54, 1.807) is 11.5 Å². The maximum atomic E-state index is 13.1. The van der Waals surface area contributed by atoms with Gasteiger partial charge in [0.2, 0.25) is 0 Å². The standard InChI is InChI=1S/C19H11ClN2O2/c1-24-10-5-8-15-16(9-10)22-18(21-15)12-6-7-14(20)11-3-2-4-13(17(11)12)19(22)23/h2-9H,1H3. The van der Waals surface area contributed by atoms with Crippen molar-refractivity contribution in [3.8, 4) is 5.75 Å². The minimum absolute atomic E-state index is 0.0962. The van der Waals surface area contributed by atoms with Crippen molar-refractivity contribution in [2.75, 3.05) is 7.11 Å². The summed E-state index contributed by atoms with van der Waals surface area (Å²) in [7, 11) is 1.61. The van der Waals surface area contributed by atoms with Crippen LogP contribution in [0.15, 0.2) is 53.3 Å². The fourth-order valence-corrected chi connectivity index (χ4v) is 3.64. The highest BCUT2D eigenvalue weighted by molar-refractivity contribution is 6.37. The van der Waals surface area contributed by atoms with Gasteiger partial charge in [-0.2, -0.15) is 0 Å². The normalized spacial score (nSPS) is 11.9. The molecule has 24 heavy (non-hydrogen) atoms. The van der Waals surface area contributed by atoms with Crippen LogP contribution in [0, 0.1) is 0 Å². The summed E-state index contributed by atoms with van der Waals surface area (Å²) in [6.45, 7) is 0. The number of halogens is 1. The zero-order chi connectivity index (χ0) is 16.4. The largest absolute Gasteiger partial charge is 0.497 e. The highest BCUT2D eigenvalue weighted by Gasteiger charge is 2.17. The number of imidazole rings is 1. The average molecular weight is 335 g/mol. The highest BCUT2D eigenvalue weighted by atomic mass is 35.5. The summed E-state index contributed by atoms with van der Waals surface area (Å²) in [6.07, 6.45) is 0. The van der Waals surface area contributed by atoms with E-state index in [1.165, 1.54) is 0 Å². The van der Waals surface area contributed by atoms with Gasteiger partial charge in [0.1, 0.15) is 11.4 Å². The topological polar surface area (TPSA) is 43.6 Å². The van der Waals surface area contributed by atoms with E-state index in [-0.39, 0.29) is 5.56 Å². The first-order chi connectivity index (χ1) is 11.7. The van der Waals surface area contributed by atoms with Crippen LogP contribution in [0.3, 0.4) is 0 Å². The molecule has 0 radical (unpaired) electrons. The predicted molar refractivity (Wildman–Crippen MR) is 96.7 cm³/mol. The second-order valence-electron chi connectivity index (χ2n) is 5.75. The Morgan fingerprint density at radius 2 is 1.88 bits per heavy atom. The molecule has 5 heteroatoms. The van der Waals surface area contributed by atoms with Crippen LogP contribution in [0.4, 0.5) is 0 Å². The van der Waals surface area contributed by atoms with Crippen molar-refractivity contribution in [3.63, 3.8) is 0 Å². The van der Waals surface area contributed by atoms with Gasteiger partial charge < -0.3 is 4.74 Å². The van der Waals surface area contributed by atoms with E-state index in [0.29, 0.717) is 21.8 Å². The van der Waals surface area contributed by atoms with Crippen molar-refractivity contribution in [1.29, 1.82) is 0 Å². The third-order valence-corrected chi connectivity index (χ3v) is 4.85. The van der Waals surface area contributed by atoms with Gasteiger partial charge in [0, 0.05) is 32.6 Å². The summed E-state index contributed by atoms with van der Waals surface area (Å²) < 4.78 is 6.95. The molecule has 0 aliphatic rings. The molecule has 0 saturated carbocycles. The molecule has 0 aliphatic heterocycles. The number of ether oxygens (including phenoxy) is 1. The Morgan fingerprint density at radius 1 is 1.04 bits per heavy atom. The number of benzene rings is 3. The molecule has 3 aromatic carbocycles. The van der Waals surface area contributed by atoms with Crippen molar-refractivity contribution in [1.82, 2.24) is 9.38 Å². The van der Waals surface area contributed by atoms with E-state index < -0.39 is 0 Å². The van der Waals surface area contributed by atoms with Crippen molar-refractivity contribution in [2.24, 2.45) is 0 Å². The Morgan fingerprint density at radius 3 is 2.71 bits per heavy atom. The van der Waals surface area contributed by atoms with Crippen LogP contribution in [-0.2, 0) is 0 Å². The van der Waals surface area contributed by atoms with Gasteiger partial charge in [-0.15, -0.1) is 0 Å². The second kappa shape index (κ2) is 4.58. The summed E-state index contributed by atoms with van der Waals surface area (Å²) in [5.41, 5.74) is 2.05. The van der Waals surface area contributed by atoms with Gasteiger partial charge in [0.25, 0.3) is 5.56 Å². The first-order valence-electron chi connectivity index (χ1n) is 7.52. The Kier molecular flexibility index (Phi) is 2.59. The lowest BCUT2D eigenvalue weighted by Crippen LogP contribution is -2.13. The molecule has 0 amide bonds. The molecule has 2 aromatic heterocycles. The van der Waals surface area contributed by atoms with E-state index in [0.717, 1.165) is 27.2 Å². The molecule has 0 unspecified atom stereocenters. The number of fused-ring (bicyclic) bond motifs is 4. The molecule has 116 valence electrons. The van der Waals surface area contributed by atoms with Crippen molar-refractivity contribution >= 4 is 49.8 Å². The molecular formula is C19H11ClN2O2. The number of pyridine rings is 1. The number of hydrogen-bond acceptors (Lipinski definition) is 3. The minimum Gasteiger partial charge on any atom is -0.497 e. The molecule has 4 nitrogen and oxygen atoms in total. The minimum atomic E-state index is -0.0962. The third-order valence-electron chi connectivity index (χ3n) is 4.52. The Balaban J connectivity index is 2.15. The van der Waals surface area contributed by atoms with Crippen LogP contribution in [0.1, 0.15) is 0 Å². The summed E-state index contributed by atoms with van der Waals surface area (Å²) in [6, 6.07) is 14.9. The van der Waals surface area contributed by atoms with Crippen LogP contribution in [0.2, 0.25) is 5.02 Å². The fraction of sp³-hybridized carbons (Fsp3) is 0.0526. The van der Waals surface area contributed by atoms with E-state index in [2.05, 4.69) is 4.98 Å². The molecule has 0 bridgehead atoms. The SMILES string of the molecule is COc1ccc2nc3c4ccc(Cl)c5cccc(c(=O)n3c2c1)c54. The molecular weight excluding hydrogens is 324 g/mol. The Labute approximate surface area is 141 Å². The molecule has 5 rings (SSSR count). The first kappa shape index (κ1) is 13.6. The van der Waals surface area contributed by atoms with Gasteiger partial charge in [-0.05, 0) is 30.3 Å². The quantitative estimate of drug-likeness (QED) is 0.460. The average Bonchev–Trinajstić information content (AvgIpc) is 2.99. The van der Waals surface area contributed by atoms with Gasteiger partial charge in [-0.25, -0.2) is 4.98 Å². The monoisotopic (exact) mass is 334 g/mol. The van der Waals surface area contributed by atoms with E-state index in [4.69, 9.17) is 16.3 Å². The van der Waals surface area contributed by atoms with Gasteiger partial charge in [0.15, 0.2) is 0 Å². The van der Waals surface area contributed by atoms with Crippen molar-refractivity contribution in [3.05, 3.63) is 63.9 Å². The third kappa shape index (κ3) is 1.58. The number of hydrogen-bond donors (Lipinski definition) is 0. The Hall–Kier alpha value is -2.85. The summed E-state index contributed by atoms with van der Waals surface area (Å²) >= 11 is 6.32. The maximum absolute atomic E-state index is 13.1. The van der Waals surface area contributed by atoms with Crippen molar-refractivity contribution in [2.45, 2.75) is 0 Å². The smallest absolute Gasteiger partial charge is 0.264 e. The van der Waals surface area contributed by atoms with Crippen LogP contribution >= 0.6 is 11.6 Å². The van der Waals surface area contributed by atoms with Crippen LogP contribution in [0.25, 0.3) is 38.2 Å². The molecule has 0 aliphatic carbocycles. The first-order valence-corrected chi connectivity index (χ1v) is 7.89. The van der Waals surface area contributed by atoms with Gasteiger partial charge in [0.05, 0.1) is 18.1 Å². The predicted octanol–water partition coefficient (Wildman–Crippen LogP) is 4.25. The lowest BCUT2D eigenvalue weighted by Gasteiger charge is -2.08. The van der Waals surface area contributed by atoms with Gasteiger partial charge in [-0.3, -0.25) is 9.20 Å². The molecule has 0 atom stereocenters. The zero-order valence-electron chi connectivity index (χ0n) is 12.7. The van der Waals surface area contributed by atoms with E-state index >= 15 is 0 Å². The summed E-state index contributed by atoms with van der Waals surface area (Å²) in [4.78, 5) is 17.8. The fourth-order valence-electron chi connectivity index (χ4n) is 3.42. The van der Waals surface area contributed by atoms with Crippen LogP contribution in [-0.4, -0.2) is 16.5 Å². The highest BCUT2D eigenvalue weighted by Crippen LogP contribution is 2.33. The molecule has 5 aromatic rings. The summed E-state index contributed by atoms with van der Waals surface area (Å²) in [5, 5.41) is 3.93. The lowest BCUT2D eigenvalue weighted by molar-refractivity contribution is 0.415. The van der Waals surface area contributed by atoms with Gasteiger partial charge >= 0.3 is 0 Å². The molecule has 2 heterocycles. The second-order valence-corrected chi connectivity index (χ2v) is 6.16. The number of aromatic nitrogens is 2. The number of rotatable bonds is 1. The molecule has 0 N–H and O–H groups in total. The van der Waals surface area contributed by atoms with E-state index in [9.17, 15) is 4.79 Å². The molecule has 0 spiro atoms. The van der Waals surface area contributed by atoms with Gasteiger partial charge in [-0.1, -0.05) is 23.7 Å². The van der Waals surface area contributed by atoms with Crippen molar-refractivity contribution < 1.29 is 4.74 Å². The molecule has 0 saturated heterocycles. The maximum Gasteiger partial charge on any atom is 0.264 e. The summed E-state index contributed by atoms with van der Waals surface area (Å²) in [5.74, 6) is 0.693. The van der Waals surface area contributed by atoms with E-state index in [1.807, 2.05) is 48.5 Å². The molecule has 0 fully saturated rings. The van der Waals surface area contributed by atoms with Crippen LogP contribution < -0.4 is 10.3 Å². The number of nitrogens with zero attached hydrogens (tertiary/aromatic N) is 2. The lowest BCUT2D eigenvalue weighted by atomic mass is 10.0.